The van der Waals surface area contributed by atoms with Gasteiger partial charge in [0.15, 0.2) is 0 Å². The van der Waals surface area contributed by atoms with Gasteiger partial charge in [0.1, 0.15) is 18.4 Å². The minimum atomic E-state index is -0.834. The SMILES string of the molecule is O=C1CN(C(=O)[C@H]2Cc3ccccc3CN2)CCCCNC(=O)C(Cc2cnc[nH]2)NC(=O)c2cccc(c2)OCCN1. The van der Waals surface area contributed by atoms with Crippen LogP contribution in [0.3, 0.4) is 0 Å². The fourth-order valence-corrected chi connectivity index (χ4v) is 5.26. The first-order chi connectivity index (χ1) is 21.0. The fraction of sp³-hybridized carbons (Fsp3) is 0.387. The number of nitrogens with one attached hydrogen (secondary N) is 5. The number of hydrogen-bond donors (Lipinski definition) is 5. The van der Waals surface area contributed by atoms with Crippen LogP contribution in [0.5, 0.6) is 5.75 Å². The molecule has 2 atom stereocenters. The van der Waals surface area contributed by atoms with E-state index in [1.807, 2.05) is 24.3 Å². The van der Waals surface area contributed by atoms with E-state index in [-0.39, 0.29) is 43.8 Å². The maximum atomic E-state index is 13.6. The lowest BCUT2D eigenvalue weighted by molar-refractivity contribution is -0.138. The van der Waals surface area contributed by atoms with Gasteiger partial charge >= 0.3 is 0 Å². The van der Waals surface area contributed by atoms with Crippen molar-refractivity contribution >= 4 is 23.6 Å². The van der Waals surface area contributed by atoms with Crippen molar-refractivity contribution in [2.24, 2.45) is 0 Å². The Bertz CT molecular complexity index is 1430. The van der Waals surface area contributed by atoms with E-state index in [1.54, 1.807) is 35.4 Å². The molecular formula is C31H37N7O5. The maximum absolute atomic E-state index is 13.6. The van der Waals surface area contributed by atoms with E-state index in [4.69, 9.17) is 4.74 Å². The number of amides is 4. The lowest BCUT2D eigenvalue weighted by Crippen LogP contribution is -2.52. The average Bonchev–Trinajstić information content (AvgIpc) is 3.54. The Morgan fingerprint density at radius 1 is 1.00 bits per heavy atom. The molecule has 1 aromatic heterocycles. The van der Waals surface area contributed by atoms with Gasteiger partial charge in [-0.05, 0) is 48.6 Å². The van der Waals surface area contributed by atoms with Crippen molar-refractivity contribution in [2.45, 2.75) is 44.3 Å². The first kappa shape index (κ1) is 29.8. The van der Waals surface area contributed by atoms with Crippen LogP contribution in [0.15, 0.2) is 61.1 Å². The molecule has 0 saturated heterocycles. The normalized spacial score (nSPS) is 20.7. The van der Waals surface area contributed by atoms with Crippen LogP contribution in [0, 0.1) is 0 Å². The molecule has 0 radical (unpaired) electrons. The number of carbonyl (C=O) groups is 4. The number of H-pyrrole nitrogens is 1. The summed E-state index contributed by atoms with van der Waals surface area (Å²) in [5, 5.41) is 11.9. The maximum Gasteiger partial charge on any atom is 0.252 e. The highest BCUT2D eigenvalue weighted by Gasteiger charge is 2.29. The molecule has 2 aromatic carbocycles. The molecule has 5 rings (SSSR count). The molecule has 0 spiro atoms. The summed E-state index contributed by atoms with van der Waals surface area (Å²) >= 11 is 0. The molecule has 0 aliphatic carbocycles. The Balaban J connectivity index is 1.28. The Morgan fingerprint density at radius 3 is 2.70 bits per heavy atom. The topological polar surface area (TPSA) is 158 Å². The van der Waals surface area contributed by atoms with Gasteiger partial charge in [-0.2, -0.15) is 0 Å². The van der Waals surface area contributed by atoms with E-state index in [1.165, 1.54) is 11.9 Å². The van der Waals surface area contributed by atoms with Gasteiger partial charge in [-0.15, -0.1) is 0 Å². The number of aromatic amines is 1. The number of hydrogen-bond acceptors (Lipinski definition) is 7. The molecular weight excluding hydrogens is 550 g/mol. The van der Waals surface area contributed by atoms with Crippen LogP contribution in [-0.2, 0) is 33.8 Å². The van der Waals surface area contributed by atoms with E-state index in [9.17, 15) is 19.2 Å². The first-order valence-electron chi connectivity index (χ1n) is 14.6. The second-order valence-corrected chi connectivity index (χ2v) is 10.7. The Hall–Kier alpha value is -4.71. The lowest BCUT2D eigenvalue weighted by Gasteiger charge is -2.31. The Kier molecular flexibility index (Phi) is 10.0. The average molecular weight is 588 g/mol. The molecule has 0 fully saturated rings. The molecule has 2 bridgehead atoms. The highest BCUT2D eigenvalue weighted by atomic mass is 16.5. The number of benzene rings is 2. The molecule has 0 saturated carbocycles. The second-order valence-electron chi connectivity index (χ2n) is 10.7. The van der Waals surface area contributed by atoms with Crippen LogP contribution in [0.2, 0.25) is 0 Å². The minimum Gasteiger partial charge on any atom is -0.492 e. The van der Waals surface area contributed by atoms with Crippen molar-refractivity contribution < 1.29 is 23.9 Å². The molecule has 12 nitrogen and oxygen atoms in total. The summed E-state index contributed by atoms with van der Waals surface area (Å²) in [5.41, 5.74) is 3.35. The zero-order chi connectivity index (χ0) is 30.0. The molecule has 3 heterocycles. The van der Waals surface area contributed by atoms with E-state index in [2.05, 4.69) is 31.2 Å². The van der Waals surface area contributed by atoms with Gasteiger partial charge in [0, 0.05) is 43.5 Å². The van der Waals surface area contributed by atoms with Crippen molar-refractivity contribution in [3.63, 3.8) is 0 Å². The van der Waals surface area contributed by atoms with Gasteiger partial charge < -0.3 is 35.9 Å². The third-order valence-electron chi connectivity index (χ3n) is 7.57. The summed E-state index contributed by atoms with van der Waals surface area (Å²) in [6.07, 6.45) is 5.09. The number of aromatic nitrogens is 2. The number of imidazole rings is 1. The number of fused-ring (bicyclic) bond motifs is 3. The molecule has 4 amide bonds. The van der Waals surface area contributed by atoms with Crippen molar-refractivity contribution in [2.75, 3.05) is 32.8 Å². The van der Waals surface area contributed by atoms with Gasteiger partial charge in [0.25, 0.3) is 5.91 Å². The van der Waals surface area contributed by atoms with E-state index in [0.29, 0.717) is 55.9 Å². The smallest absolute Gasteiger partial charge is 0.252 e. The molecule has 226 valence electrons. The number of nitrogens with zero attached hydrogens (tertiary/aromatic N) is 2. The van der Waals surface area contributed by atoms with E-state index < -0.39 is 18.0 Å². The van der Waals surface area contributed by atoms with Crippen molar-refractivity contribution in [1.82, 2.24) is 36.1 Å². The molecule has 3 aromatic rings. The Labute approximate surface area is 250 Å². The molecule has 12 heteroatoms. The molecule has 43 heavy (non-hydrogen) atoms. The molecule has 2 aliphatic heterocycles. The van der Waals surface area contributed by atoms with Crippen LogP contribution < -0.4 is 26.0 Å². The summed E-state index contributed by atoms with van der Waals surface area (Å²) in [4.78, 5) is 61.2. The first-order valence-corrected chi connectivity index (χ1v) is 14.6. The van der Waals surface area contributed by atoms with Gasteiger partial charge in [0.05, 0.1) is 25.5 Å². The third-order valence-corrected chi connectivity index (χ3v) is 7.57. The van der Waals surface area contributed by atoms with Crippen molar-refractivity contribution in [1.29, 1.82) is 0 Å². The third kappa shape index (κ3) is 8.19. The highest BCUT2D eigenvalue weighted by molar-refractivity contribution is 5.98. The predicted molar refractivity (Wildman–Crippen MR) is 158 cm³/mol. The summed E-state index contributed by atoms with van der Waals surface area (Å²) in [5.74, 6) is -0.700. The number of ether oxygens (including phenoxy) is 1. The molecule has 5 N–H and O–H groups in total. The fourth-order valence-electron chi connectivity index (χ4n) is 5.26. The van der Waals surface area contributed by atoms with E-state index >= 15 is 0 Å². The summed E-state index contributed by atoms with van der Waals surface area (Å²) < 4.78 is 5.77. The molecule has 1 unspecified atom stereocenters. The zero-order valence-electron chi connectivity index (χ0n) is 23.9. The monoisotopic (exact) mass is 587 g/mol. The zero-order valence-corrected chi connectivity index (χ0v) is 23.9. The van der Waals surface area contributed by atoms with Crippen LogP contribution in [-0.4, -0.2) is 83.4 Å². The Morgan fingerprint density at radius 2 is 1.86 bits per heavy atom. The molecule has 2 aliphatic rings. The second kappa shape index (κ2) is 14.5. The van der Waals surface area contributed by atoms with Gasteiger partial charge in [-0.25, -0.2) is 4.98 Å². The van der Waals surface area contributed by atoms with Gasteiger partial charge in [-0.3, -0.25) is 19.2 Å². The summed E-state index contributed by atoms with van der Waals surface area (Å²) in [7, 11) is 0. The standard InChI is InChI=1S/C31H37N7O5/c39-28-19-38(31(42)27-15-21-6-1-2-7-23(21)17-35-27)12-4-3-10-34-30(41)26(16-24-18-32-20-36-24)37-29(40)22-8-5-9-25(14-22)43-13-11-33-28/h1-2,5-9,14,18,20,26-27,35H,3-4,10-13,15-17,19H2,(H,32,36)(H,33,39)(H,34,41)(H,37,40)/t26?,27-/m1/s1. The lowest BCUT2D eigenvalue weighted by atomic mass is 9.95. The highest BCUT2D eigenvalue weighted by Crippen LogP contribution is 2.18. The predicted octanol–water partition coefficient (Wildman–Crippen LogP) is 0.699. The van der Waals surface area contributed by atoms with Gasteiger partial charge in [-0.1, -0.05) is 30.3 Å². The number of carbonyl (C=O) groups excluding carboxylic acids is 4. The summed E-state index contributed by atoms with van der Waals surface area (Å²) in [6, 6.07) is 13.4. The van der Waals surface area contributed by atoms with Crippen LogP contribution in [0.4, 0.5) is 0 Å². The van der Waals surface area contributed by atoms with Crippen LogP contribution in [0.1, 0.15) is 40.0 Å². The number of rotatable bonds is 3. The van der Waals surface area contributed by atoms with Gasteiger partial charge in [0.2, 0.25) is 17.7 Å². The van der Waals surface area contributed by atoms with E-state index in [0.717, 1.165) is 5.56 Å². The quantitative estimate of drug-likeness (QED) is 0.302. The summed E-state index contributed by atoms with van der Waals surface area (Å²) in [6.45, 7) is 1.63. The van der Waals surface area contributed by atoms with Crippen molar-refractivity contribution in [3.05, 3.63) is 83.4 Å². The van der Waals surface area contributed by atoms with Crippen LogP contribution in [0.25, 0.3) is 0 Å². The van der Waals surface area contributed by atoms with Crippen LogP contribution >= 0.6 is 0 Å². The largest absolute Gasteiger partial charge is 0.492 e. The van der Waals surface area contributed by atoms with Crippen molar-refractivity contribution in [3.8, 4) is 5.75 Å². The minimum absolute atomic E-state index is 0.0782.